The maximum absolute atomic E-state index is 12.3. The number of halogens is 2. The summed E-state index contributed by atoms with van der Waals surface area (Å²) in [6.45, 7) is 1.91. The minimum absolute atomic E-state index is 0. The van der Waals surface area contributed by atoms with Gasteiger partial charge in [-0.15, -0.1) is 24.8 Å². The van der Waals surface area contributed by atoms with E-state index in [1.807, 2.05) is 25.1 Å². The molecular weight excluding hydrogens is 351 g/mol. The van der Waals surface area contributed by atoms with E-state index >= 15 is 0 Å². The fourth-order valence-electron chi connectivity index (χ4n) is 2.20. The van der Waals surface area contributed by atoms with Crippen LogP contribution in [0.4, 0.5) is 5.69 Å². The molecule has 0 aliphatic heterocycles. The number of pyridine rings is 1. The second-order valence-electron chi connectivity index (χ2n) is 4.96. The molecule has 0 aliphatic carbocycles. The van der Waals surface area contributed by atoms with Crippen LogP contribution in [0.25, 0.3) is 11.0 Å². The Morgan fingerprint density at radius 1 is 1.17 bits per heavy atom. The number of nitrogens with one attached hydrogen (secondary N) is 2. The third kappa shape index (κ3) is 4.46. The Hall–Kier alpha value is -2.12. The van der Waals surface area contributed by atoms with Crippen molar-refractivity contribution in [2.24, 2.45) is 5.73 Å². The lowest BCUT2D eigenvalue weighted by atomic mass is 10.1. The molecule has 1 unspecified atom stereocenters. The van der Waals surface area contributed by atoms with Crippen LogP contribution in [0, 0.1) is 0 Å². The van der Waals surface area contributed by atoms with Crippen LogP contribution in [-0.2, 0) is 0 Å². The summed E-state index contributed by atoms with van der Waals surface area (Å²) in [6, 6.07) is 10.9. The molecule has 6 nitrogen and oxygen atoms in total. The summed E-state index contributed by atoms with van der Waals surface area (Å²) in [7, 11) is 0. The first-order chi connectivity index (χ1) is 10.1. The van der Waals surface area contributed by atoms with Crippen LogP contribution in [-0.4, -0.2) is 21.4 Å². The molecule has 2 aromatic heterocycles. The minimum atomic E-state index is -0.153. The molecule has 1 atom stereocenters. The Balaban J connectivity index is 0.00000176. The van der Waals surface area contributed by atoms with Crippen LogP contribution >= 0.6 is 24.8 Å². The topological polar surface area (TPSA) is 115 Å². The quantitative estimate of drug-likeness (QED) is 0.657. The maximum atomic E-state index is 12.3. The van der Waals surface area contributed by atoms with Crippen LogP contribution in [0.3, 0.4) is 0 Å². The van der Waals surface area contributed by atoms with Gasteiger partial charge < -0.3 is 21.5 Å². The zero-order valence-corrected chi connectivity index (χ0v) is 14.6. The number of aromatic amines is 1. The predicted octanol–water partition coefficient (Wildman–Crippen LogP) is 2.85. The molecule has 130 valence electrons. The summed E-state index contributed by atoms with van der Waals surface area (Å²) in [5.74, 6) is -0.153. The second-order valence-corrected chi connectivity index (χ2v) is 4.96. The average molecular weight is 371 g/mol. The van der Waals surface area contributed by atoms with Crippen molar-refractivity contribution in [1.82, 2.24) is 9.97 Å². The Morgan fingerprint density at radius 2 is 1.83 bits per heavy atom. The largest absolute Gasteiger partial charge is 0.412 e. The number of carbonyl (C=O) groups excluding carboxylic acids is 1. The van der Waals surface area contributed by atoms with Gasteiger partial charge in [0.05, 0.1) is 5.69 Å². The van der Waals surface area contributed by atoms with Gasteiger partial charge in [0.1, 0.15) is 5.65 Å². The van der Waals surface area contributed by atoms with Crippen molar-refractivity contribution in [3.63, 3.8) is 0 Å². The van der Waals surface area contributed by atoms with Gasteiger partial charge in [0, 0.05) is 29.4 Å². The van der Waals surface area contributed by atoms with E-state index in [-0.39, 0.29) is 42.2 Å². The highest BCUT2D eigenvalue weighted by Gasteiger charge is 2.09. The normalized spacial score (nSPS) is 10.8. The van der Waals surface area contributed by atoms with E-state index in [0.29, 0.717) is 5.56 Å². The summed E-state index contributed by atoms with van der Waals surface area (Å²) < 4.78 is 0. The van der Waals surface area contributed by atoms with Gasteiger partial charge in [-0.25, -0.2) is 4.98 Å². The molecule has 1 aromatic carbocycles. The Labute approximate surface area is 152 Å². The van der Waals surface area contributed by atoms with Gasteiger partial charge in [0.2, 0.25) is 0 Å². The van der Waals surface area contributed by atoms with E-state index in [9.17, 15) is 4.79 Å². The lowest BCUT2D eigenvalue weighted by Crippen LogP contribution is -2.12. The van der Waals surface area contributed by atoms with Gasteiger partial charge in [-0.05, 0) is 36.8 Å². The van der Waals surface area contributed by atoms with Crippen molar-refractivity contribution in [2.45, 2.75) is 13.0 Å². The van der Waals surface area contributed by atoms with Crippen molar-refractivity contribution < 1.29 is 10.3 Å². The highest BCUT2D eigenvalue weighted by atomic mass is 35.5. The predicted molar refractivity (Wildman–Crippen MR) is 101 cm³/mol. The highest BCUT2D eigenvalue weighted by Crippen LogP contribution is 2.21. The van der Waals surface area contributed by atoms with Gasteiger partial charge in [-0.2, -0.15) is 0 Å². The van der Waals surface area contributed by atoms with Crippen molar-refractivity contribution in [3.8, 4) is 0 Å². The zero-order chi connectivity index (χ0) is 14.8. The van der Waals surface area contributed by atoms with Gasteiger partial charge >= 0.3 is 0 Å². The Morgan fingerprint density at radius 3 is 2.46 bits per heavy atom. The number of benzene rings is 1. The van der Waals surface area contributed by atoms with Gasteiger partial charge in [-0.3, -0.25) is 4.79 Å². The molecule has 8 heteroatoms. The van der Waals surface area contributed by atoms with Crippen molar-refractivity contribution in [1.29, 1.82) is 0 Å². The first kappa shape index (κ1) is 21.9. The molecule has 0 aliphatic rings. The summed E-state index contributed by atoms with van der Waals surface area (Å²) in [5, 5.41) is 3.79. The first-order valence-electron chi connectivity index (χ1n) is 6.74. The molecule has 3 aromatic rings. The molecule has 0 saturated carbocycles. The standard InChI is InChI=1S/C16H16N4O.2ClH.H2O/c1-10(17)11-2-4-12(5-3-11)16(21)20-14-7-9-19-15-13(14)6-8-18-15;;;/h2-10H,17H2,1H3,(H2,18,19,20,21);2*1H;1H2. The van der Waals surface area contributed by atoms with E-state index in [1.54, 1.807) is 30.6 Å². The van der Waals surface area contributed by atoms with Gasteiger partial charge in [0.15, 0.2) is 0 Å². The van der Waals surface area contributed by atoms with Gasteiger partial charge in [-0.1, -0.05) is 12.1 Å². The smallest absolute Gasteiger partial charge is 0.255 e. The molecular formula is C16H20Cl2N4O2. The lowest BCUT2D eigenvalue weighted by molar-refractivity contribution is 0.102. The molecule has 24 heavy (non-hydrogen) atoms. The number of anilines is 1. The number of carbonyl (C=O) groups is 1. The monoisotopic (exact) mass is 370 g/mol. The van der Waals surface area contributed by atoms with E-state index in [2.05, 4.69) is 15.3 Å². The molecule has 6 N–H and O–H groups in total. The highest BCUT2D eigenvalue weighted by molar-refractivity contribution is 6.08. The van der Waals surface area contributed by atoms with Crippen LogP contribution < -0.4 is 11.1 Å². The van der Waals surface area contributed by atoms with Crippen molar-refractivity contribution in [2.75, 3.05) is 5.32 Å². The van der Waals surface area contributed by atoms with Crippen LogP contribution in [0.2, 0.25) is 0 Å². The van der Waals surface area contributed by atoms with Crippen molar-refractivity contribution >= 4 is 47.4 Å². The molecule has 0 radical (unpaired) electrons. The lowest BCUT2D eigenvalue weighted by Gasteiger charge is -2.08. The van der Waals surface area contributed by atoms with E-state index in [1.165, 1.54) is 0 Å². The molecule has 0 fully saturated rings. The van der Waals surface area contributed by atoms with E-state index in [4.69, 9.17) is 5.73 Å². The second kappa shape index (κ2) is 9.24. The molecule has 2 heterocycles. The van der Waals surface area contributed by atoms with Crippen molar-refractivity contribution in [3.05, 3.63) is 59.9 Å². The number of amides is 1. The SMILES string of the molecule is CC(N)c1ccc(C(=O)Nc2ccnc3[nH]ccc23)cc1.Cl.Cl.O. The number of aromatic nitrogens is 2. The molecule has 0 saturated heterocycles. The summed E-state index contributed by atoms with van der Waals surface area (Å²) >= 11 is 0. The van der Waals surface area contributed by atoms with Crippen LogP contribution in [0.1, 0.15) is 28.9 Å². The third-order valence-corrected chi connectivity index (χ3v) is 3.41. The number of hydrogen-bond acceptors (Lipinski definition) is 3. The first-order valence-corrected chi connectivity index (χ1v) is 6.74. The van der Waals surface area contributed by atoms with Gasteiger partial charge in [0.25, 0.3) is 5.91 Å². The Bertz CT molecular complexity index is 788. The van der Waals surface area contributed by atoms with E-state index in [0.717, 1.165) is 22.3 Å². The number of hydrogen-bond donors (Lipinski definition) is 3. The molecule has 1 amide bonds. The number of nitrogens with zero attached hydrogens (tertiary/aromatic N) is 1. The minimum Gasteiger partial charge on any atom is -0.412 e. The third-order valence-electron chi connectivity index (χ3n) is 3.41. The van der Waals surface area contributed by atoms with Crippen LogP contribution in [0.15, 0.2) is 48.8 Å². The summed E-state index contributed by atoms with van der Waals surface area (Å²) in [6.07, 6.45) is 3.46. The molecule has 0 bridgehead atoms. The summed E-state index contributed by atoms with van der Waals surface area (Å²) in [4.78, 5) is 19.5. The zero-order valence-electron chi connectivity index (χ0n) is 12.9. The Kier molecular flexibility index (Phi) is 8.43. The fraction of sp³-hybridized carbons (Fsp3) is 0.125. The maximum Gasteiger partial charge on any atom is 0.255 e. The fourth-order valence-corrected chi connectivity index (χ4v) is 2.20. The summed E-state index contributed by atoms with van der Waals surface area (Å²) in [5.41, 5.74) is 8.89. The number of fused-ring (bicyclic) bond motifs is 1. The molecule has 3 rings (SSSR count). The number of rotatable bonds is 3. The molecule has 0 spiro atoms. The van der Waals surface area contributed by atoms with Crippen LogP contribution in [0.5, 0.6) is 0 Å². The number of H-pyrrole nitrogens is 1. The average Bonchev–Trinajstić information content (AvgIpc) is 2.97. The van der Waals surface area contributed by atoms with E-state index < -0.39 is 0 Å². The number of nitrogens with two attached hydrogens (primary N) is 1.